The second-order valence-electron chi connectivity index (χ2n) is 6.93. The second-order valence-corrected chi connectivity index (χ2v) is 7.34. The maximum absolute atomic E-state index is 11.5. The van der Waals surface area contributed by atoms with Crippen molar-refractivity contribution in [1.82, 2.24) is 0 Å². The van der Waals surface area contributed by atoms with Gasteiger partial charge in [0.15, 0.2) is 0 Å². The van der Waals surface area contributed by atoms with Crippen LogP contribution in [-0.2, 0) is 6.42 Å². The van der Waals surface area contributed by atoms with Crippen molar-refractivity contribution in [3.05, 3.63) is 52.5 Å². The van der Waals surface area contributed by atoms with E-state index < -0.39 is 5.97 Å². The second kappa shape index (κ2) is 8.53. The third-order valence-electron chi connectivity index (χ3n) is 5.11. The van der Waals surface area contributed by atoms with Gasteiger partial charge in [-0.25, -0.2) is 4.79 Å². The number of anilines is 3. The van der Waals surface area contributed by atoms with Gasteiger partial charge in [-0.1, -0.05) is 24.9 Å². The van der Waals surface area contributed by atoms with E-state index in [1.165, 1.54) is 0 Å². The number of rotatable bonds is 6. The van der Waals surface area contributed by atoms with Crippen LogP contribution < -0.4 is 15.5 Å². The average Bonchev–Trinajstić information content (AvgIpc) is 2.68. The Hall–Kier alpha value is -2.40. The van der Waals surface area contributed by atoms with Gasteiger partial charge in [-0.2, -0.15) is 0 Å². The molecule has 1 aliphatic rings. The zero-order valence-corrected chi connectivity index (χ0v) is 16.4. The first kappa shape index (κ1) is 19.4. The van der Waals surface area contributed by atoms with Gasteiger partial charge in [-0.3, -0.25) is 0 Å². The highest BCUT2D eigenvalue weighted by Crippen LogP contribution is 2.27. The third-order valence-corrected chi connectivity index (χ3v) is 5.45. The van der Waals surface area contributed by atoms with Gasteiger partial charge in [0.05, 0.1) is 16.3 Å². The van der Waals surface area contributed by atoms with Crippen LogP contribution in [0.15, 0.2) is 36.4 Å². The molecular weight excluding hydrogens is 362 g/mol. The molecule has 2 aromatic carbocycles. The molecule has 5 nitrogen and oxygen atoms in total. The first-order chi connectivity index (χ1) is 13.0. The highest BCUT2D eigenvalue weighted by Gasteiger charge is 2.20. The Kier molecular flexibility index (Phi) is 6.11. The molecule has 0 aliphatic carbocycles. The third kappa shape index (κ3) is 4.48. The Balaban J connectivity index is 1.71. The van der Waals surface area contributed by atoms with Gasteiger partial charge in [-0.05, 0) is 54.8 Å². The van der Waals surface area contributed by atoms with Crippen molar-refractivity contribution in [1.29, 1.82) is 0 Å². The molecule has 0 radical (unpaired) electrons. The van der Waals surface area contributed by atoms with E-state index in [9.17, 15) is 9.90 Å². The highest BCUT2D eigenvalue weighted by atomic mass is 35.5. The van der Waals surface area contributed by atoms with Crippen LogP contribution >= 0.6 is 11.6 Å². The van der Waals surface area contributed by atoms with Crippen LogP contribution in [0.5, 0.6) is 0 Å². The van der Waals surface area contributed by atoms with E-state index in [0.29, 0.717) is 16.3 Å². The SMILES string of the molecule is CCCCc1cc(N2CCN(c3ccc(Cl)c(N)c3)CC2)ccc1C(=O)O. The molecule has 0 unspecified atom stereocenters. The molecule has 1 aliphatic heterocycles. The van der Waals surface area contributed by atoms with Crippen molar-refractivity contribution >= 4 is 34.6 Å². The van der Waals surface area contributed by atoms with E-state index in [-0.39, 0.29) is 0 Å². The molecule has 2 aromatic rings. The van der Waals surface area contributed by atoms with E-state index in [1.807, 2.05) is 24.3 Å². The number of unbranched alkanes of at least 4 members (excludes halogenated alkanes) is 1. The average molecular weight is 388 g/mol. The number of hydrogen-bond donors (Lipinski definition) is 2. The lowest BCUT2D eigenvalue weighted by Crippen LogP contribution is -2.46. The van der Waals surface area contributed by atoms with Gasteiger partial charge in [0.25, 0.3) is 0 Å². The fraction of sp³-hybridized carbons (Fsp3) is 0.381. The Labute approximate surface area is 165 Å². The molecule has 0 amide bonds. The number of carboxylic acid groups (broad SMARTS) is 1. The summed E-state index contributed by atoms with van der Waals surface area (Å²) in [7, 11) is 0. The molecule has 0 saturated carbocycles. The zero-order valence-electron chi connectivity index (χ0n) is 15.6. The van der Waals surface area contributed by atoms with E-state index in [0.717, 1.165) is 62.4 Å². The zero-order chi connectivity index (χ0) is 19.4. The van der Waals surface area contributed by atoms with Crippen molar-refractivity contribution in [2.45, 2.75) is 26.2 Å². The van der Waals surface area contributed by atoms with Crippen LogP contribution in [0.25, 0.3) is 0 Å². The van der Waals surface area contributed by atoms with Crippen LogP contribution in [0.2, 0.25) is 5.02 Å². The van der Waals surface area contributed by atoms with Crippen LogP contribution in [0.1, 0.15) is 35.7 Å². The predicted molar refractivity (Wildman–Crippen MR) is 112 cm³/mol. The number of nitrogens with zero attached hydrogens (tertiary/aromatic N) is 2. The summed E-state index contributed by atoms with van der Waals surface area (Å²) in [5.74, 6) is -0.849. The maximum Gasteiger partial charge on any atom is 0.335 e. The predicted octanol–water partition coefficient (Wildman–Crippen LogP) is 4.29. The number of aryl methyl sites for hydroxylation is 1. The number of aromatic carboxylic acids is 1. The minimum atomic E-state index is -0.849. The van der Waals surface area contributed by atoms with Crippen molar-refractivity contribution < 1.29 is 9.90 Å². The van der Waals surface area contributed by atoms with Crippen molar-refractivity contribution in [2.75, 3.05) is 41.7 Å². The summed E-state index contributed by atoms with van der Waals surface area (Å²) in [4.78, 5) is 16.1. The Morgan fingerprint density at radius 3 is 2.22 bits per heavy atom. The summed E-state index contributed by atoms with van der Waals surface area (Å²) in [5, 5.41) is 10.0. The largest absolute Gasteiger partial charge is 0.478 e. The van der Waals surface area contributed by atoms with E-state index in [2.05, 4.69) is 22.8 Å². The summed E-state index contributed by atoms with van der Waals surface area (Å²) in [5.41, 5.74) is 10.1. The van der Waals surface area contributed by atoms with Gasteiger partial charge in [0.1, 0.15) is 0 Å². The number of carboxylic acids is 1. The fourth-order valence-electron chi connectivity index (χ4n) is 3.51. The lowest BCUT2D eigenvalue weighted by molar-refractivity contribution is 0.0695. The molecule has 1 saturated heterocycles. The summed E-state index contributed by atoms with van der Waals surface area (Å²) < 4.78 is 0. The Morgan fingerprint density at radius 1 is 1.07 bits per heavy atom. The number of piperazine rings is 1. The van der Waals surface area contributed by atoms with E-state index >= 15 is 0 Å². The lowest BCUT2D eigenvalue weighted by Gasteiger charge is -2.37. The highest BCUT2D eigenvalue weighted by molar-refractivity contribution is 6.33. The van der Waals surface area contributed by atoms with Gasteiger partial charge >= 0.3 is 5.97 Å². The molecule has 6 heteroatoms. The van der Waals surface area contributed by atoms with Gasteiger partial charge < -0.3 is 20.6 Å². The van der Waals surface area contributed by atoms with E-state index in [1.54, 1.807) is 6.07 Å². The number of nitrogen functional groups attached to an aromatic ring is 1. The monoisotopic (exact) mass is 387 g/mol. The summed E-state index contributed by atoms with van der Waals surface area (Å²) >= 11 is 6.02. The molecule has 27 heavy (non-hydrogen) atoms. The molecular formula is C21H26ClN3O2. The molecule has 0 bridgehead atoms. The summed E-state index contributed by atoms with van der Waals surface area (Å²) in [6, 6.07) is 11.5. The molecule has 3 N–H and O–H groups in total. The van der Waals surface area contributed by atoms with Crippen molar-refractivity contribution in [3.63, 3.8) is 0 Å². The minimum Gasteiger partial charge on any atom is -0.478 e. The molecule has 0 atom stereocenters. The summed E-state index contributed by atoms with van der Waals surface area (Å²) in [6.07, 6.45) is 2.84. The van der Waals surface area contributed by atoms with Crippen LogP contribution in [-0.4, -0.2) is 37.3 Å². The van der Waals surface area contributed by atoms with E-state index in [4.69, 9.17) is 17.3 Å². The number of nitrogens with two attached hydrogens (primary N) is 1. The van der Waals surface area contributed by atoms with Crippen LogP contribution in [0.4, 0.5) is 17.1 Å². The molecule has 0 aromatic heterocycles. The first-order valence-corrected chi connectivity index (χ1v) is 9.78. The first-order valence-electron chi connectivity index (χ1n) is 9.40. The Morgan fingerprint density at radius 2 is 1.67 bits per heavy atom. The number of halogens is 1. The lowest BCUT2D eigenvalue weighted by atomic mass is 10.0. The Bertz CT molecular complexity index is 817. The van der Waals surface area contributed by atoms with Crippen molar-refractivity contribution in [2.24, 2.45) is 0 Å². The maximum atomic E-state index is 11.5. The quantitative estimate of drug-likeness (QED) is 0.723. The van der Waals surface area contributed by atoms with Gasteiger partial charge in [0, 0.05) is 37.6 Å². The molecule has 1 heterocycles. The van der Waals surface area contributed by atoms with Gasteiger partial charge in [0.2, 0.25) is 0 Å². The molecule has 3 rings (SSSR count). The molecule has 144 valence electrons. The van der Waals surface area contributed by atoms with Gasteiger partial charge in [-0.15, -0.1) is 0 Å². The molecule has 1 fully saturated rings. The summed E-state index contributed by atoms with van der Waals surface area (Å²) in [6.45, 7) is 5.63. The normalized spacial score (nSPS) is 14.4. The molecule has 0 spiro atoms. The van der Waals surface area contributed by atoms with Crippen LogP contribution in [0.3, 0.4) is 0 Å². The fourth-order valence-corrected chi connectivity index (χ4v) is 3.63. The number of carbonyl (C=O) groups is 1. The standard InChI is InChI=1S/C21H26ClN3O2/c1-2-3-4-15-13-16(5-7-18(15)21(26)27)24-9-11-25(12-10-24)17-6-8-19(22)20(23)14-17/h5-8,13-14H,2-4,9-12,23H2,1H3,(H,26,27). The topological polar surface area (TPSA) is 69.8 Å². The van der Waals surface area contributed by atoms with Crippen LogP contribution in [0, 0.1) is 0 Å². The number of benzene rings is 2. The number of hydrogen-bond acceptors (Lipinski definition) is 4. The van der Waals surface area contributed by atoms with Crippen molar-refractivity contribution in [3.8, 4) is 0 Å². The smallest absolute Gasteiger partial charge is 0.335 e. The minimum absolute atomic E-state index is 0.419.